The van der Waals surface area contributed by atoms with Crippen LogP contribution in [0.5, 0.6) is 0 Å². The van der Waals surface area contributed by atoms with E-state index in [1.165, 1.54) is 0 Å². The first kappa shape index (κ1) is 20.3. The second kappa shape index (κ2) is 8.31. The fourth-order valence-electron chi connectivity index (χ4n) is 2.80. The molecule has 6 heteroatoms. The predicted molar refractivity (Wildman–Crippen MR) is 113 cm³/mol. The van der Waals surface area contributed by atoms with Crippen molar-refractivity contribution >= 4 is 17.5 Å². The van der Waals surface area contributed by atoms with Crippen LogP contribution in [-0.2, 0) is 0 Å². The van der Waals surface area contributed by atoms with Gasteiger partial charge in [0.1, 0.15) is 17.0 Å². The molecule has 0 aliphatic rings. The monoisotopic (exact) mass is 391 g/mol. The molecule has 0 fully saturated rings. The van der Waals surface area contributed by atoms with Gasteiger partial charge >= 0.3 is 0 Å². The molecule has 2 amide bonds. The van der Waals surface area contributed by atoms with E-state index in [0.717, 1.165) is 12.0 Å². The summed E-state index contributed by atoms with van der Waals surface area (Å²) in [5.74, 6) is -0.0120. The SMILES string of the molecule is CCC(C)(C)NC(=O)c1ccc(NC(=O)c2c(-c3ccccc3)noc2C)cc1. The highest BCUT2D eigenvalue weighted by Crippen LogP contribution is 2.26. The van der Waals surface area contributed by atoms with Crippen LogP contribution in [0.1, 0.15) is 53.7 Å². The zero-order valence-electron chi connectivity index (χ0n) is 17.1. The Labute approximate surface area is 170 Å². The summed E-state index contributed by atoms with van der Waals surface area (Å²) < 4.78 is 5.25. The van der Waals surface area contributed by atoms with E-state index in [0.29, 0.717) is 28.3 Å². The van der Waals surface area contributed by atoms with E-state index in [1.807, 2.05) is 51.1 Å². The van der Waals surface area contributed by atoms with Gasteiger partial charge in [-0.1, -0.05) is 42.4 Å². The minimum atomic E-state index is -0.313. The van der Waals surface area contributed by atoms with Crippen LogP contribution < -0.4 is 10.6 Å². The van der Waals surface area contributed by atoms with Crippen LogP contribution in [0.25, 0.3) is 11.3 Å². The Morgan fingerprint density at radius 2 is 1.66 bits per heavy atom. The molecule has 1 heterocycles. The summed E-state index contributed by atoms with van der Waals surface area (Å²) in [7, 11) is 0. The summed E-state index contributed by atoms with van der Waals surface area (Å²) in [6, 6.07) is 16.2. The number of carbonyl (C=O) groups is 2. The van der Waals surface area contributed by atoms with Crippen molar-refractivity contribution in [1.82, 2.24) is 10.5 Å². The molecule has 0 spiro atoms. The first-order valence-corrected chi connectivity index (χ1v) is 9.56. The third kappa shape index (κ3) is 4.71. The molecule has 0 aliphatic heterocycles. The number of nitrogens with one attached hydrogen (secondary N) is 2. The highest BCUT2D eigenvalue weighted by atomic mass is 16.5. The van der Waals surface area contributed by atoms with Gasteiger partial charge in [0.25, 0.3) is 11.8 Å². The maximum absolute atomic E-state index is 12.8. The summed E-state index contributed by atoms with van der Waals surface area (Å²) in [5.41, 5.74) is 2.54. The second-order valence-corrected chi connectivity index (χ2v) is 7.55. The molecule has 2 aromatic carbocycles. The Morgan fingerprint density at radius 3 is 2.28 bits per heavy atom. The molecule has 0 bridgehead atoms. The first-order valence-electron chi connectivity index (χ1n) is 9.56. The number of benzene rings is 2. The second-order valence-electron chi connectivity index (χ2n) is 7.55. The van der Waals surface area contributed by atoms with Crippen LogP contribution in [0.4, 0.5) is 5.69 Å². The van der Waals surface area contributed by atoms with Crippen LogP contribution in [0.15, 0.2) is 59.1 Å². The lowest BCUT2D eigenvalue weighted by molar-refractivity contribution is 0.0910. The zero-order chi connectivity index (χ0) is 21.0. The number of nitrogens with zero attached hydrogens (tertiary/aromatic N) is 1. The van der Waals surface area contributed by atoms with Crippen molar-refractivity contribution < 1.29 is 14.1 Å². The van der Waals surface area contributed by atoms with E-state index >= 15 is 0 Å². The first-order chi connectivity index (χ1) is 13.8. The van der Waals surface area contributed by atoms with Gasteiger partial charge < -0.3 is 15.2 Å². The zero-order valence-corrected chi connectivity index (χ0v) is 17.1. The number of hydrogen-bond donors (Lipinski definition) is 2. The number of anilines is 1. The molecule has 6 nitrogen and oxygen atoms in total. The Morgan fingerprint density at radius 1 is 1.00 bits per heavy atom. The molecule has 3 rings (SSSR count). The van der Waals surface area contributed by atoms with E-state index < -0.39 is 0 Å². The van der Waals surface area contributed by atoms with Crippen molar-refractivity contribution in [2.75, 3.05) is 5.32 Å². The number of carbonyl (C=O) groups excluding carboxylic acids is 2. The van der Waals surface area contributed by atoms with E-state index in [1.54, 1.807) is 31.2 Å². The summed E-state index contributed by atoms with van der Waals surface area (Å²) in [6.45, 7) is 7.68. The summed E-state index contributed by atoms with van der Waals surface area (Å²) in [6.07, 6.45) is 0.828. The summed E-state index contributed by atoms with van der Waals surface area (Å²) >= 11 is 0. The molecule has 3 aromatic rings. The van der Waals surface area contributed by atoms with Gasteiger partial charge in [0.15, 0.2) is 0 Å². The number of aromatic nitrogens is 1. The molecule has 0 radical (unpaired) electrons. The standard InChI is InChI=1S/C23H25N3O3/c1-5-23(3,4)25-21(27)17-11-13-18(14-12-17)24-22(28)19-15(2)29-26-20(19)16-9-7-6-8-10-16/h6-14H,5H2,1-4H3,(H,24,28)(H,25,27). The van der Waals surface area contributed by atoms with E-state index in [2.05, 4.69) is 15.8 Å². The molecule has 0 aliphatic carbocycles. The van der Waals surface area contributed by atoms with Gasteiger partial charge in [-0.25, -0.2) is 0 Å². The van der Waals surface area contributed by atoms with E-state index in [-0.39, 0.29) is 17.4 Å². The van der Waals surface area contributed by atoms with Crippen molar-refractivity contribution in [2.24, 2.45) is 0 Å². The maximum atomic E-state index is 12.8. The van der Waals surface area contributed by atoms with Gasteiger partial charge in [-0.2, -0.15) is 0 Å². The third-order valence-electron chi connectivity index (χ3n) is 4.88. The Kier molecular flexibility index (Phi) is 5.82. The number of hydrogen-bond acceptors (Lipinski definition) is 4. The van der Waals surface area contributed by atoms with E-state index in [9.17, 15) is 9.59 Å². The van der Waals surface area contributed by atoms with E-state index in [4.69, 9.17) is 4.52 Å². The average molecular weight is 391 g/mol. The number of rotatable bonds is 6. The highest BCUT2D eigenvalue weighted by Gasteiger charge is 2.22. The van der Waals surface area contributed by atoms with Gasteiger partial charge in [-0.15, -0.1) is 0 Å². The summed E-state index contributed by atoms with van der Waals surface area (Å²) in [4.78, 5) is 25.2. The van der Waals surface area contributed by atoms with Crippen LogP contribution >= 0.6 is 0 Å². The maximum Gasteiger partial charge on any atom is 0.261 e. The topological polar surface area (TPSA) is 84.2 Å². The highest BCUT2D eigenvalue weighted by molar-refractivity contribution is 6.09. The third-order valence-corrected chi connectivity index (χ3v) is 4.88. The lowest BCUT2D eigenvalue weighted by Crippen LogP contribution is -2.42. The van der Waals surface area contributed by atoms with Gasteiger partial charge in [-0.3, -0.25) is 9.59 Å². The molecule has 1 aromatic heterocycles. The van der Waals surface area contributed by atoms with Crippen molar-refractivity contribution in [3.8, 4) is 11.3 Å². The Hall–Kier alpha value is -3.41. The minimum absolute atomic E-state index is 0.143. The molecular weight excluding hydrogens is 366 g/mol. The van der Waals surface area contributed by atoms with Crippen molar-refractivity contribution in [3.63, 3.8) is 0 Å². The van der Waals surface area contributed by atoms with Crippen molar-refractivity contribution in [2.45, 2.75) is 39.7 Å². The fourth-order valence-corrected chi connectivity index (χ4v) is 2.80. The molecule has 0 saturated carbocycles. The van der Waals surface area contributed by atoms with Gasteiger partial charge in [0, 0.05) is 22.4 Å². The smallest absolute Gasteiger partial charge is 0.261 e. The van der Waals surface area contributed by atoms with Crippen molar-refractivity contribution in [1.29, 1.82) is 0 Å². The van der Waals surface area contributed by atoms with Crippen LogP contribution in [0.2, 0.25) is 0 Å². The van der Waals surface area contributed by atoms with Gasteiger partial charge in [-0.05, 0) is 51.5 Å². The lowest BCUT2D eigenvalue weighted by Gasteiger charge is -2.24. The average Bonchev–Trinajstić information content (AvgIpc) is 3.10. The lowest BCUT2D eigenvalue weighted by atomic mass is 10.0. The van der Waals surface area contributed by atoms with Crippen molar-refractivity contribution in [3.05, 3.63) is 71.5 Å². The molecule has 0 saturated heterocycles. The minimum Gasteiger partial charge on any atom is -0.360 e. The normalized spacial score (nSPS) is 11.2. The summed E-state index contributed by atoms with van der Waals surface area (Å²) in [5, 5.41) is 9.88. The van der Waals surface area contributed by atoms with Gasteiger partial charge in [0.2, 0.25) is 0 Å². The number of aryl methyl sites for hydroxylation is 1. The Balaban J connectivity index is 1.76. The van der Waals surface area contributed by atoms with Crippen LogP contribution in [0.3, 0.4) is 0 Å². The quantitative estimate of drug-likeness (QED) is 0.631. The molecule has 0 unspecified atom stereocenters. The largest absolute Gasteiger partial charge is 0.360 e. The van der Waals surface area contributed by atoms with Crippen LogP contribution in [-0.4, -0.2) is 22.5 Å². The molecule has 29 heavy (non-hydrogen) atoms. The molecule has 2 N–H and O–H groups in total. The number of amides is 2. The van der Waals surface area contributed by atoms with Gasteiger partial charge in [0.05, 0.1) is 0 Å². The molecule has 150 valence electrons. The fraction of sp³-hybridized carbons (Fsp3) is 0.261. The Bertz CT molecular complexity index is 1010. The molecular formula is C23H25N3O3. The van der Waals surface area contributed by atoms with Crippen LogP contribution in [0, 0.1) is 6.92 Å². The molecule has 0 atom stereocenters. The predicted octanol–water partition coefficient (Wildman–Crippen LogP) is 4.82.